The fraction of sp³-hybridized carbons (Fsp3) is 0.909. The van der Waals surface area contributed by atoms with Crippen molar-refractivity contribution < 1.29 is 4.79 Å². The molecule has 2 aliphatic carbocycles. The molecule has 0 unspecified atom stereocenters. The SMILES string of the molecule is NC[C@@H]1CC2(CCCC2)CCC1=O. The molecule has 0 aromatic rings. The first-order valence-electron chi connectivity index (χ1n) is 5.49. The van der Waals surface area contributed by atoms with E-state index in [9.17, 15) is 4.79 Å². The second kappa shape index (κ2) is 3.41. The third-order valence-corrected chi connectivity index (χ3v) is 3.99. The average molecular weight is 181 g/mol. The molecule has 0 aromatic carbocycles. The molecule has 0 aliphatic heterocycles. The van der Waals surface area contributed by atoms with Gasteiger partial charge in [0.25, 0.3) is 0 Å². The minimum absolute atomic E-state index is 0.187. The Morgan fingerprint density at radius 2 is 2.00 bits per heavy atom. The van der Waals surface area contributed by atoms with Gasteiger partial charge in [0.2, 0.25) is 0 Å². The Labute approximate surface area is 79.9 Å². The number of rotatable bonds is 1. The number of Topliss-reactive ketones (excluding diaryl/α,β-unsaturated/α-hetero) is 1. The molecule has 74 valence electrons. The second-order valence-corrected chi connectivity index (χ2v) is 4.81. The number of nitrogens with two attached hydrogens (primary N) is 1. The zero-order valence-electron chi connectivity index (χ0n) is 8.22. The van der Waals surface area contributed by atoms with E-state index in [4.69, 9.17) is 5.73 Å². The fourth-order valence-corrected chi connectivity index (χ4v) is 3.12. The molecule has 2 fully saturated rings. The van der Waals surface area contributed by atoms with Gasteiger partial charge in [0.1, 0.15) is 5.78 Å². The third kappa shape index (κ3) is 1.64. The van der Waals surface area contributed by atoms with Gasteiger partial charge in [-0.3, -0.25) is 4.79 Å². The van der Waals surface area contributed by atoms with E-state index in [1.54, 1.807) is 0 Å². The summed E-state index contributed by atoms with van der Waals surface area (Å²) in [5.41, 5.74) is 6.15. The van der Waals surface area contributed by atoms with Crippen molar-refractivity contribution in [2.75, 3.05) is 6.54 Å². The quantitative estimate of drug-likeness (QED) is 0.671. The van der Waals surface area contributed by atoms with Crippen molar-refractivity contribution in [2.24, 2.45) is 17.1 Å². The Hall–Kier alpha value is -0.370. The van der Waals surface area contributed by atoms with Gasteiger partial charge >= 0.3 is 0 Å². The first-order valence-corrected chi connectivity index (χ1v) is 5.49. The van der Waals surface area contributed by atoms with E-state index in [1.165, 1.54) is 25.7 Å². The molecule has 13 heavy (non-hydrogen) atoms. The largest absolute Gasteiger partial charge is 0.330 e. The van der Waals surface area contributed by atoms with Crippen LogP contribution in [0.5, 0.6) is 0 Å². The first kappa shape index (κ1) is 9.20. The highest BCUT2D eigenvalue weighted by Gasteiger charge is 2.41. The summed E-state index contributed by atoms with van der Waals surface area (Å²) >= 11 is 0. The molecular weight excluding hydrogens is 162 g/mol. The first-order chi connectivity index (χ1) is 6.26. The van der Waals surface area contributed by atoms with E-state index in [-0.39, 0.29) is 5.92 Å². The molecule has 0 saturated heterocycles. The predicted octanol–water partition coefficient (Wildman–Crippen LogP) is 1.87. The highest BCUT2D eigenvalue weighted by molar-refractivity contribution is 5.82. The number of hydrogen-bond donors (Lipinski definition) is 1. The molecule has 2 N–H and O–H groups in total. The number of hydrogen-bond acceptors (Lipinski definition) is 2. The van der Waals surface area contributed by atoms with Gasteiger partial charge < -0.3 is 5.73 Å². The lowest BCUT2D eigenvalue weighted by Gasteiger charge is -2.36. The molecule has 2 saturated carbocycles. The van der Waals surface area contributed by atoms with Crippen molar-refractivity contribution in [1.29, 1.82) is 0 Å². The lowest BCUT2D eigenvalue weighted by atomic mass is 9.68. The van der Waals surface area contributed by atoms with Gasteiger partial charge in [-0.25, -0.2) is 0 Å². The standard InChI is InChI=1S/C11H19NO/c12-8-9-7-11(4-1-2-5-11)6-3-10(9)13/h9H,1-8,12H2/t9-/m0/s1. The van der Waals surface area contributed by atoms with E-state index in [1.807, 2.05) is 0 Å². The minimum Gasteiger partial charge on any atom is -0.330 e. The van der Waals surface area contributed by atoms with E-state index in [0.29, 0.717) is 17.7 Å². The van der Waals surface area contributed by atoms with E-state index in [0.717, 1.165) is 19.3 Å². The van der Waals surface area contributed by atoms with Crippen LogP contribution in [0.15, 0.2) is 0 Å². The molecule has 2 heteroatoms. The molecule has 1 spiro atoms. The summed E-state index contributed by atoms with van der Waals surface area (Å²) < 4.78 is 0. The third-order valence-electron chi connectivity index (χ3n) is 3.99. The van der Waals surface area contributed by atoms with Gasteiger partial charge in [0.05, 0.1) is 0 Å². The van der Waals surface area contributed by atoms with Gasteiger partial charge in [0, 0.05) is 18.9 Å². The molecular formula is C11H19NO. The Balaban J connectivity index is 2.05. The smallest absolute Gasteiger partial charge is 0.137 e. The van der Waals surface area contributed by atoms with Crippen LogP contribution in [0.4, 0.5) is 0 Å². The van der Waals surface area contributed by atoms with E-state index >= 15 is 0 Å². The second-order valence-electron chi connectivity index (χ2n) is 4.81. The topological polar surface area (TPSA) is 43.1 Å². The van der Waals surface area contributed by atoms with Crippen LogP contribution in [0.2, 0.25) is 0 Å². The Kier molecular flexibility index (Phi) is 2.41. The lowest BCUT2D eigenvalue weighted by molar-refractivity contribution is -0.127. The zero-order valence-corrected chi connectivity index (χ0v) is 8.22. The minimum atomic E-state index is 0.187. The average Bonchev–Trinajstić information content (AvgIpc) is 2.59. The van der Waals surface area contributed by atoms with Crippen LogP contribution in [0.25, 0.3) is 0 Å². The van der Waals surface area contributed by atoms with Gasteiger partial charge in [-0.05, 0) is 31.1 Å². The van der Waals surface area contributed by atoms with Gasteiger partial charge in [-0.15, -0.1) is 0 Å². The van der Waals surface area contributed by atoms with E-state index in [2.05, 4.69) is 0 Å². The maximum Gasteiger partial charge on any atom is 0.137 e. The summed E-state index contributed by atoms with van der Waals surface area (Å²) in [4.78, 5) is 11.5. The van der Waals surface area contributed by atoms with Crippen LogP contribution in [-0.4, -0.2) is 12.3 Å². The number of carbonyl (C=O) groups is 1. The van der Waals surface area contributed by atoms with Crippen LogP contribution in [0, 0.1) is 11.3 Å². The highest BCUT2D eigenvalue weighted by Crippen LogP contribution is 2.49. The predicted molar refractivity (Wildman–Crippen MR) is 52.3 cm³/mol. The normalized spacial score (nSPS) is 32.7. The summed E-state index contributed by atoms with van der Waals surface area (Å²) in [5, 5.41) is 0. The monoisotopic (exact) mass is 181 g/mol. The molecule has 0 amide bonds. The summed E-state index contributed by atoms with van der Waals surface area (Å²) in [6.07, 6.45) is 8.44. The fourth-order valence-electron chi connectivity index (χ4n) is 3.12. The summed E-state index contributed by atoms with van der Waals surface area (Å²) in [6, 6.07) is 0. The molecule has 0 bridgehead atoms. The number of carbonyl (C=O) groups excluding carboxylic acids is 1. The van der Waals surface area contributed by atoms with Crippen molar-refractivity contribution in [1.82, 2.24) is 0 Å². The molecule has 0 radical (unpaired) electrons. The van der Waals surface area contributed by atoms with Crippen molar-refractivity contribution in [3.63, 3.8) is 0 Å². The van der Waals surface area contributed by atoms with Crippen LogP contribution in [0.1, 0.15) is 44.9 Å². The van der Waals surface area contributed by atoms with Crippen molar-refractivity contribution in [2.45, 2.75) is 44.9 Å². The molecule has 1 atom stereocenters. The lowest BCUT2D eigenvalue weighted by Crippen LogP contribution is -2.36. The van der Waals surface area contributed by atoms with Crippen molar-refractivity contribution in [3.05, 3.63) is 0 Å². The Morgan fingerprint density at radius 1 is 1.31 bits per heavy atom. The summed E-state index contributed by atoms with van der Waals surface area (Å²) in [7, 11) is 0. The molecule has 2 rings (SSSR count). The van der Waals surface area contributed by atoms with Gasteiger partial charge in [-0.1, -0.05) is 12.8 Å². The maximum absolute atomic E-state index is 11.5. The molecule has 0 aromatic heterocycles. The van der Waals surface area contributed by atoms with Crippen molar-refractivity contribution in [3.8, 4) is 0 Å². The molecule has 2 nitrogen and oxygen atoms in total. The van der Waals surface area contributed by atoms with Crippen LogP contribution in [-0.2, 0) is 4.79 Å². The Morgan fingerprint density at radius 3 is 2.62 bits per heavy atom. The van der Waals surface area contributed by atoms with Crippen LogP contribution in [0.3, 0.4) is 0 Å². The number of ketones is 1. The van der Waals surface area contributed by atoms with Crippen LogP contribution < -0.4 is 5.73 Å². The highest BCUT2D eigenvalue weighted by atomic mass is 16.1. The van der Waals surface area contributed by atoms with Gasteiger partial charge in [-0.2, -0.15) is 0 Å². The Bertz CT molecular complexity index is 206. The zero-order chi connectivity index (χ0) is 9.31. The van der Waals surface area contributed by atoms with Gasteiger partial charge in [0.15, 0.2) is 0 Å². The molecule has 0 heterocycles. The van der Waals surface area contributed by atoms with E-state index < -0.39 is 0 Å². The van der Waals surface area contributed by atoms with Crippen LogP contribution >= 0.6 is 0 Å². The summed E-state index contributed by atoms with van der Waals surface area (Å²) in [6.45, 7) is 0.570. The summed E-state index contributed by atoms with van der Waals surface area (Å²) in [5.74, 6) is 0.604. The molecule has 2 aliphatic rings. The van der Waals surface area contributed by atoms with Crippen molar-refractivity contribution >= 4 is 5.78 Å². The maximum atomic E-state index is 11.5.